The maximum absolute atomic E-state index is 6.08. The molecule has 1 aromatic carbocycles. The molecule has 0 aliphatic heterocycles. The molecule has 0 radical (unpaired) electrons. The second-order valence-corrected chi connectivity index (χ2v) is 6.04. The van der Waals surface area contributed by atoms with Gasteiger partial charge in [0.1, 0.15) is 6.61 Å². The van der Waals surface area contributed by atoms with Gasteiger partial charge in [0.25, 0.3) is 5.88 Å². The van der Waals surface area contributed by atoms with Gasteiger partial charge in [0.05, 0.1) is 12.2 Å². The van der Waals surface area contributed by atoms with Crippen molar-refractivity contribution < 1.29 is 9.47 Å². The molecule has 0 atom stereocenters. The van der Waals surface area contributed by atoms with Gasteiger partial charge >= 0.3 is 0 Å². The predicted octanol–water partition coefficient (Wildman–Crippen LogP) is 4.64. The van der Waals surface area contributed by atoms with Crippen LogP contribution in [0.1, 0.15) is 24.4 Å². The van der Waals surface area contributed by atoms with Crippen LogP contribution in [0.5, 0.6) is 17.4 Å². The molecule has 0 amide bonds. The molecule has 0 unspecified atom stereocenters. The molecule has 0 saturated heterocycles. The van der Waals surface area contributed by atoms with Crippen LogP contribution in [0.4, 0.5) is 0 Å². The molecular weight excluding hydrogens is 326 g/mol. The molecule has 0 bridgehead atoms. The SMILES string of the molecule is Clc1ncccc1Oc1cn(C2CC2)nc1OCc1ccccc1. The van der Waals surface area contributed by atoms with Crippen LogP contribution in [0.2, 0.25) is 5.15 Å². The fourth-order valence-electron chi connectivity index (χ4n) is 2.35. The summed E-state index contributed by atoms with van der Waals surface area (Å²) in [5.41, 5.74) is 1.07. The van der Waals surface area contributed by atoms with Gasteiger partial charge in [0.2, 0.25) is 5.75 Å². The molecule has 1 aliphatic carbocycles. The number of ether oxygens (including phenoxy) is 2. The van der Waals surface area contributed by atoms with E-state index in [1.165, 1.54) is 0 Å². The average Bonchev–Trinajstić information content (AvgIpc) is 3.38. The van der Waals surface area contributed by atoms with Gasteiger partial charge in [-0.25, -0.2) is 4.98 Å². The highest BCUT2D eigenvalue weighted by molar-refractivity contribution is 6.30. The topological polar surface area (TPSA) is 49.2 Å². The van der Waals surface area contributed by atoms with E-state index in [9.17, 15) is 0 Å². The van der Waals surface area contributed by atoms with Crippen LogP contribution < -0.4 is 9.47 Å². The van der Waals surface area contributed by atoms with Crippen LogP contribution in [-0.2, 0) is 6.61 Å². The summed E-state index contributed by atoms with van der Waals surface area (Å²) in [6, 6.07) is 13.9. The Hall–Kier alpha value is -2.53. The highest BCUT2D eigenvalue weighted by Gasteiger charge is 2.27. The fraction of sp³-hybridized carbons (Fsp3) is 0.222. The third kappa shape index (κ3) is 3.36. The van der Waals surface area contributed by atoms with Gasteiger partial charge in [0, 0.05) is 6.20 Å². The summed E-state index contributed by atoms with van der Waals surface area (Å²) >= 11 is 6.08. The Bertz CT molecular complexity index is 831. The van der Waals surface area contributed by atoms with Crippen molar-refractivity contribution in [1.29, 1.82) is 0 Å². The molecule has 3 aromatic rings. The number of pyridine rings is 1. The van der Waals surface area contributed by atoms with E-state index in [1.807, 2.05) is 41.2 Å². The van der Waals surface area contributed by atoms with Crippen LogP contribution in [0, 0.1) is 0 Å². The Balaban J connectivity index is 1.56. The zero-order valence-corrected chi connectivity index (χ0v) is 13.7. The lowest BCUT2D eigenvalue weighted by Crippen LogP contribution is -1.99. The standard InChI is InChI=1S/C18H16ClN3O2/c19-17-15(7-4-10-20-17)24-16-11-22(14-8-9-14)21-18(16)23-12-13-5-2-1-3-6-13/h1-7,10-11,14H,8-9,12H2. The monoisotopic (exact) mass is 341 g/mol. The number of hydrogen-bond donors (Lipinski definition) is 0. The number of nitrogens with zero attached hydrogens (tertiary/aromatic N) is 3. The summed E-state index contributed by atoms with van der Waals surface area (Å²) in [5.74, 6) is 1.50. The Labute approximate surface area is 144 Å². The molecule has 122 valence electrons. The number of rotatable bonds is 6. The summed E-state index contributed by atoms with van der Waals surface area (Å²) in [6.07, 6.45) is 5.75. The van der Waals surface area contributed by atoms with Gasteiger partial charge in [-0.15, -0.1) is 5.10 Å². The first-order chi connectivity index (χ1) is 11.8. The highest BCUT2D eigenvalue weighted by atomic mass is 35.5. The number of halogens is 1. The molecule has 1 aliphatic rings. The van der Waals surface area contributed by atoms with E-state index in [0.717, 1.165) is 18.4 Å². The zero-order valence-electron chi connectivity index (χ0n) is 12.9. The number of benzene rings is 1. The van der Waals surface area contributed by atoms with E-state index in [1.54, 1.807) is 18.3 Å². The van der Waals surface area contributed by atoms with Crippen molar-refractivity contribution >= 4 is 11.6 Å². The van der Waals surface area contributed by atoms with E-state index in [-0.39, 0.29) is 0 Å². The quantitative estimate of drug-likeness (QED) is 0.613. The molecule has 0 N–H and O–H groups in total. The van der Waals surface area contributed by atoms with E-state index in [2.05, 4.69) is 10.1 Å². The normalized spacial score (nSPS) is 13.7. The summed E-state index contributed by atoms with van der Waals surface area (Å²) in [7, 11) is 0. The lowest BCUT2D eigenvalue weighted by atomic mass is 10.2. The van der Waals surface area contributed by atoms with Gasteiger partial charge in [0.15, 0.2) is 10.9 Å². The Kier molecular flexibility index (Phi) is 4.09. The average molecular weight is 342 g/mol. The summed E-state index contributed by atoms with van der Waals surface area (Å²) in [5, 5.41) is 4.83. The molecule has 5 nitrogen and oxygen atoms in total. The van der Waals surface area contributed by atoms with Gasteiger partial charge in [-0.05, 0) is 30.5 Å². The Morgan fingerprint density at radius 1 is 1.08 bits per heavy atom. The van der Waals surface area contributed by atoms with E-state index < -0.39 is 0 Å². The molecule has 24 heavy (non-hydrogen) atoms. The second kappa shape index (κ2) is 6.53. The van der Waals surface area contributed by atoms with Crippen molar-refractivity contribution in [3.05, 3.63) is 65.6 Å². The van der Waals surface area contributed by atoms with Crippen LogP contribution in [0.25, 0.3) is 0 Å². The van der Waals surface area contributed by atoms with E-state index in [0.29, 0.717) is 35.2 Å². The van der Waals surface area contributed by atoms with Crippen molar-refractivity contribution in [3.8, 4) is 17.4 Å². The predicted molar refractivity (Wildman–Crippen MR) is 90.6 cm³/mol. The number of hydrogen-bond acceptors (Lipinski definition) is 4. The molecule has 1 saturated carbocycles. The van der Waals surface area contributed by atoms with Crippen LogP contribution in [-0.4, -0.2) is 14.8 Å². The lowest BCUT2D eigenvalue weighted by molar-refractivity contribution is 0.278. The van der Waals surface area contributed by atoms with Gasteiger partial charge < -0.3 is 9.47 Å². The summed E-state index contributed by atoms with van der Waals surface area (Å²) in [4.78, 5) is 4.03. The maximum Gasteiger partial charge on any atom is 0.276 e. The van der Waals surface area contributed by atoms with E-state index in [4.69, 9.17) is 21.1 Å². The smallest absolute Gasteiger partial charge is 0.276 e. The van der Waals surface area contributed by atoms with E-state index >= 15 is 0 Å². The first-order valence-electron chi connectivity index (χ1n) is 7.84. The molecule has 0 spiro atoms. The molecular formula is C18H16ClN3O2. The minimum absolute atomic E-state index is 0.311. The first-order valence-corrected chi connectivity index (χ1v) is 8.21. The molecule has 4 rings (SSSR count). The third-order valence-electron chi connectivity index (χ3n) is 3.75. The van der Waals surface area contributed by atoms with Crippen molar-refractivity contribution in [1.82, 2.24) is 14.8 Å². The minimum atomic E-state index is 0.311. The van der Waals surface area contributed by atoms with Crippen molar-refractivity contribution in [2.45, 2.75) is 25.5 Å². The molecule has 6 heteroatoms. The molecule has 1 fully saturated rings. The van der Waals surface area contributed by atoms with Crippen molar-refractivity contribution in [2.75, 3.05) is 0 Å². The Morgan fingerprint density at radius 2 is 1.92 bits per heavy atom. The number of aromatic nitrogens is 3. The highest BCUT2D eigenvalue weighted by Crippen LogP contribution is 2.40. The zero-order chi connectivity index (χ0) is 16.4. The summed E-state index contributed by atoms with van der Waals surface area (Å²) in [6.45, 7) is 0.430. The van der Waals surface area contributed by atoms with Crippen LogP contribution in [0.3, 0.4) is 0 Å². The third-order valence-corrected chi connectivity index (χ3v) is 4.03. The molecule has 2 heterocycles. The molecule has 2 aromatic heterocycles. The van der Waals surface area contributed by atoms with Crippen LogP contribution in [0.15, 0.2) is 54.9 Å². The maximum atomic E-state index is 6.08. The fourth-order valence-corrected chi connectivity index (χ4v) is 2.50. The van der Waals surface area contributed by atoms with Gasteiger partial charge in [-0.1, -0.05) is 41.9 Å². The second-order valence-electron chi connectivity index (χ2n) is 5.68. The largest absolute Gasteiger partial charge is 0.469 e. The van der Waals surface area contributed by atoms with Crippen molar-refractivity contribution in [3.63, 3.8) is 0 Å². The Morgan fingerprint density at radius 3 is 2.67 bits per heavy atom. The van der Waals surface area contributed by atoms with Gasteiger partial charge in [-0.2, -0.15) is 0 Å². The summed E-state index contributed by atoms with van der Waals surface area (Å²) < 4.78 is 13.7. The van der Waals surface area contributed by atoms with Gasteiger partial charge in [-0.3, -0.25) is 4.68 Å². The van der Waals surface area contributed by atoms with Crippen molar-refractivity contribution in [2.24, 2.45) is 0 Å². The minimum Gasteiger partial charge on any atom is -0.469 e. The first kappa shape index (κ1) is 15.0. The van der Waals surface area contributed by atoms with Crippen LogP contribution >= 0.6 is 11.6 Å². The lowest BCUT2D eigenvalue weighted by Gasteiger charge is -2.07.